The Balaban J connectivity index is 0.00000220. The standard InChI is InChI=1S/C59H68FN11O5S.C3H8/c1-5-39-8-6-9-42-23-45(72)24-47(52(39)42)54-53(60)55-48(27-61-54)57(70-30-43-15-16-44(31-70)64-43)66-59(65-55)75-32-34(2)68-20-17-37(18-21-68)22-38-28-69(29-38)50-25-46(76-67-50)26-51(73)71-19-7-10-49(71)58(74)63-35(3)40-11-13-41(14-12-40)56-36(4)62-33-77-56;1-3-2/h6,8-9,11-14,23-25,27,33-35,37-38,43-44,49,64,72H,5,7,10,15-22,26,28-32H2,1-4H3,(H,63,74);3H2,1-2H3. The number of likely N-dealkylation sites (tertiary alicyclic amines) is 2. The van der Waals surface area contributed by atoms with E-state index in [-0.39, 0.29) is 53.3 Å². The number of hydrogen-bond acceptors (Lipinski definition) is 15. The summed E-state index contributed by atoms with van der Waals surface area (Å²) < 4.78 is 29.3. The van der Waals surface area contributed by atoms with Crippen LogP contribution >= 0.6 is 11.3 Å². The number of piperazine rings is 1. The second-order valence-corrected chi connectivity index (χ2v) is 23.8. The molecule has 12 rings (SSSR count). The minimum Gasteiger partial charge on any atom is -0.508 e. The highest BCUT2D eigenvalue weighted by molar-refractivity contribution is 7.13. The molecule has 5 unspecified atom stereocenters. The maximum atomic E-state index is 17.2. The molecule has 5 aliphatic heterocycles. The Morgan fingerprint density at radius 1 is 0.912 bits per heavy atom. The highest BCUT2D eigenvalue weighted by atomic mass is 32.1. The third kappa shape index (κ3) is 11.7. The number of anilines is 2. The van der Waals surface area contributed by atoms with Gasteiger partial charge in [-0.25, -0.2) is 9.37 Å². The van der Waals surface area contributed by atoms with E-state index >= 15 is 4.39 Å². The second kappa shape index (κ2) is 24.1. The van der Waals surface area contributed by atoms with Crippen molar-refractivity contribution in [3.8, 4) is 33.5 Å². The van der Waals surface area contributed by atoms with Crippen LogP contribution in [0.25, 0.3) is 43.4 Å². The minimum absolute atomic E-state index is 0.0484. The molecule has 4 aromatic heterocycles. The number of phenols is 1. The van der Waals surface area contributed by atoms with Gasteiger partial charge >= 0.3 is 6.01 Å². The highest BCUT2D eigenvalue weighted by Crippen LogP contribution is 2.40. The van der Waals surface area contributed by atoms with Gasteiger partial charge in [-0.2, -0.15) is 9.97 Å². The molecule has 5 saturated heterocycles. The number of ether oxygens (including phenoxy) is 1. The molecule has 422 valence electrons. The number of pyridine rings is 1. The van der Waals surface area contributed by atoms with Crippen LogP contribution in [0.15, 0.2) is 76.9 Å². The molecule has 80 heavy (non-hydrogen) atoms. The fourth-order valence-corrected chi connectivity index (χ4v) is 13.6. The molecule has 16 nitrogen and oxygen atoms in total. The Morgan fingerprint density at radius 2 is 1.68 bits per heavy atom. The van der Waals surface area contributed by atoms with Crippen LogP contribution in [0.1, 0.15) is 115 Å². The summed E-state index contributed by atoms with van der Waals surface area (Å²) in [6.07, 6.45) is 10.7. The number of nitrogens with zero attached hydrogens (tertiary/aromatic N) is 9. The summed E-state index contributed by atoms with van der Waals surface area (Å²) in [5.74, 6) is 2.31. The van der Waals surface area contributed by atoms with E-state index in [0.717, 1.165) is 128 Å². The SMILES string of the molecule is CCC.CCc1cccc2cc(O)cc(-c3ncc4c(N5CC6CCC(C5)N6)nc(OCC(C)N5CCC(CC6CN(c7cc(CC(=O)N8CCCC8C(=O)NC(C)c8ccc(-c9scnc9C)cc8)on7)C6)CC5)nc4c3F)c12. The summed E-state index contributed by atoms with van der Waals surface area (Å²) in [6.45, 7) is 18.6. The van der Waals surface area contributed by atoms with Gasteiger partial charge in [0.15, 0.2) is 11.6 Å². The first kappa shape index (κ1) is 55.2. The normalized spacial score (nSPS) is 20.4. The molecule has 0 radical (unpaired) electrons. The van der Waals surface area contributed by atoms with Crippen molar-refractivity contribution < 1.29 is 28.3 Å². The van der Waals surface area contributed by atoms with Gasteiger partial charge in [0.2, 0.25) is 11.8 Å². The zero-order valence-electron chi connectivity index (χ0n) is 47.1. The number of fused-ring (bicyclic) bond motifs is 4. The number of aryl methyl sites for hydroxylation is 2. The molecule has 0 saturated carbocycles. The summed E-state index contributed by atoms with van der Waals surface area (Å²) in [6, 6.07) is 19.5. The van der Waals surface area contributed by atoms with Gasteiger partial charge in [0, 0.05) is 68.7 Å². The van der Waals surface area contributed by atoms with Gasteiger partial charge in [-0.15, -0.1) is 11.3 Å². The number of rotatable bonds is 16. The van der Waals surface area contributed by atoms with Crippen LogP contribution < -0.4 is 25.2 Å². The molecule has 3 N–H and O–H groups in total. The second-order valence-electron chi connectivity index (χ2n) is 23.0. The smallest absolute Gasteiger partial charge is 0.319 e. The van der Waals surface area contributed by atoms with Gasteiger partial charge in [-0.1, -0.05) is 74.8 Å². The first-order chi connectivity index (χ1) is 38.8. The largest absolute Gasteiger partial charge is 0.508 e. The first-order valence-electron chi connectivity index (χ1n) is 29.1. The summed E-state index contributed by atoms with van der Waals surface area (Å²) in [5, 5.41) is 24.2. The third-order valence-corrected chi connectivity index (χ3v) is 18.0. The van der Waals surface area contributed by atoms with Crippen LogP contribution in [-0.2, 0) is 22.4 Å². The Labute approximate surface area is 472 Å². The maximum absolute atomic E-state index is 17.2. The Morgan fingerprint density at radius 3 is 2.40 bits per heavy atom. The number of hydrogen-bond donors (Lipinski definition) is 3. The average Bonchev–Trinajstić information content (AvgIpc) is 4.32. The van der Waals surface area contributed by atoms with Gasteiger partial charge in [-0.3, -0.25) is 19.5 Å². The number of nitrogens with one attached hydrogen (secondary N) is 2. The number of aromatic hydroxyl groups is 1. The van der Waals surface area contributed by atoms with E-state index in [1.165, 1.54) is 6.42 Å². The van der Waals surface area contributed by atoms with Gasteiger partial charge in [0.25, 0.3) is 0 Å². The van der Waals surface area contributed by atoms with Crippen molar-refractivity contribution in [2.75, 3.05) is 62.2 Å². The van der Waals surface area contributed by atoms with E-state index in [9.17, 15) is 14.7 Å². The lowest BCUT2D eigenvalue weighted by Gasteiger charge is -2.43. The van der Waals surface area contributed by atoms with Gasteiger partial charge < -0.3 is 39.7 Å². The minimum atomic E-state index is -0.559. The number of thiazole rings is 1. The lowest BCUT2D eigenvalue weighted by Crippen LogP contribution is -2.51. The van der Waals surface area contributed by atoms with Crippen molar-refractivity contribution in [3.63, 3.8) is 0 Å². The van der Waals surface area contributed by atoms with Crippen molar-refractivity contribution in [3.05, 3.63) is 101 Å². The molecule has 2 bridgehead atoms. The van der Waals surface area contributed by atoms with Crippen LogP contribution in [0.4, 0.5) is 16.0 Å². The lowest BCUT2D eigenvalue weighted by molar-refractivity contribution is -0.138. The quantitative estimate of drug-likeness (QED) is 0.0832. The molecule has 9 heterocycles. The van der Waals surface area contributed by atoms with Crippen molar-refractivity contribution in [1.29, 1.82) is 0 Å². The molecule has 5 fully saturated rings. The van der Waals surface area contributed by atoms with Crippen LogP contribution in [0.2, 0.25) is 0 Å². The summed E-state index contributed by atoms with van der Waals surface area (Å²) in [7, 11) is 0. The molecule has 7 aromatic rings. The van der Waals surface area contributed by atoms with Crippen molar-refractivity contribution in [1.82, 2.24) is 45.5 Å². The van der Waals surface area contributed by atoms with Crippen LogP contribution in [0.5, 0.6) is 11.8 Å². The molecule has 0 aliphatic carbocycles. The number of carbonyl (C=O) groups excluding carboxylic acids is 2. The van der Waals surface area contributed by atoms with E-state index in [1.54, 1.807) is 34.6 Å². The van der Waals surface area contributed by atoms with E-state index in [4.69, 9.17) is 24.2 Å². The van der Waals surface area contributed by atoms with Crippen molar-refractivity contribution >= 4 is 56.5 Å². The average molecular weight is 1110 g/mol. The fourth-order valence-electron chi connectivity index (χ4n) is 12.8. The number of amides is 2. The number of piperidine rings is 1. The highest BCUT2D eigenvalue weighted by Gasteiger charge is 2.38. The predicted octanol–water partition coefficient (Wildman–Crippen LogP) is 10.4. The van der Waals surface area contributed by atoms with E-state index in [2.05, 4.69) is 75.3 Å². The zero-order valence-corrected chi connectivity index (χ0v) is 47.9. The first-order valence-corrected chi connectivity index (χ1v) is 30.0. The van der Waals surface area contributed by atoms with Gasteiger partial charge in [0.1, 0.15) is 41.2 Å². The fraction of sp³-hybridized carbons (Fsp3) is 0.500. The number of aromatic nitrogens is 5. The maximum Gasteiger partial charge on any atom is 0.319 e. The number of halogens is 1. The van der Waals surface area contributed by atoms with Crippen LogP contribution in [0.3, 0.4) is 0 Å². The monoisotopic (exact) mass is 1110 g/mol. The number of carbonyl (C=O) groups is 2. The van der Waals surface area contributed by atoms with E-state index < -0.39 is 11.9 Å². The Kier molecular flexibility index (Phi) is 16.6. The zero-order chi connectivity index (χ0) is 55.6. The number of benzene rings is 3. The van der Waals surface area contributed by atoms with E-state index in [1.807, 2.05) is 55.8 Å². The summed E-state index contributed by atoms with van der Waals surface area (Å²) >= 11 is 1.62. The van der Waals surface area contributed by atoms with E-state index in [0.29, 0.717) is 66.0 Å². The Hall–Kier alpha value is -6.76. The molecule has 3 aromatic carbocycles. The van der Waals surface area contributed by atoms with Crippen molar-refractivity contribution in [2.24, 2.45) is 11.8 Å². The summed E-state index contributed by atoms with van der Waals surface area (Å²) in [4.78, 5) is 55.8. The van der Waals surface area contributed by atoms with Crippen LogP contribution in [0, 0.1) is 24.6 Å². The molecular weight excluding hydrogens is 1030 g/mol. The lowest BCUT2D eigenvalue weighted by atomic mass is 9.83. The Bertz CT molecular complexity index is 3310. The third-order valence-electron chi connectivity index (χ3n) is 17.0. The van der Waals surface area contributed by atoms with Crippen molar-refractivity contribution in [2.45, 2.75) is 136 Å². The molecule has 5 atom stereocenters. The summed E-state index contributed by atoms with van der Waals surface area (Å²) in [5.41, 5.74) is 6.84. The molecule has 5 aliphatic rings. The molecule has 2 amide bonds. The van der Waals surface area contributed by atoms with Crippen LogP contribution in [-0.4, -0.2) is 128 Å². The van der Waals surface area contributed by atoms with Gasteiger partial charge in [0.05, 0.1) is 33.9 Å². The predicted molar refractivity (Wildman–Crippen MR) is 313 cm³/mol. The number of phenolic OH excluding ortho intramolecular Hbond substituents is 1. The van der Waals surface area contributed by atoms with Gasteiger partial charge in [-0.05, 0) is 137 Å². The molecule has 18 heteroatoms. The molecule has 0 spiro atoms. The molecular formula is C62H76FN11O5S. The topological polar surface area (TPSA) is 178 Å².